The standard InChI is InChI=1S/C24H25N5O4S/c1-27-17-23(25-18-27)34(32,33)28(16-21-5-2-4-19(14-21)8-11-24(30)31)15-20-6-9-22(10-7-20)29-13-3-12-26-29/h2-7,9-10,12-14,17-18H,8,11,15-16H2,1H3,(H,30,31). The van der Waals surface area contributed by atoms with E-state index in [2.05, 4.69) is 10.1 Å². The van der Waals surface area contributed by atoms with Gasteiger partial charge in [0.15, 0.2) is 5.03 Å². The van der Waals surface area contributed by atoms with Crippen molar-refractivity contribution in [1.29, 1.82) is 0 Å². The molecule has 0 saturated heterocycles. The summed E-state index contributed by atoms with van der Waals surface area (Å²) < 4.78 is 31.6. The highest BCUT2D eigenvalue weighted by molar-refractivity contribution is 7.89. The predicted molar refractivity (Wildman–Crippen MR) is 126 cm³/mol. The molecule has 9 nitrogen and oxygen atoms in total. The fraction of sp³-hybridized carbons (Fsp3) is 0.208. The van der Waals surface area contributed by atoms with E-state index in [1.807, 2.05) is 60.8 Å². The number of sulfonamides is 1. The number of carboxylic acids is 1. The number of nitrogens with zero attached hydrogens (tertiary/aromatic N) is 5. The molecule has 4 rings (SSSR count). The number of aliphatic carboxylic acids is 1. The van der Waals surface area contributed by atoms with E-state index in [4.69, 9.17) is 5.11 Å². The predicted octanol–water partition coefficient (Wildman–Crippen LogP) is 3.01. The molecule has 4 aromatic rings. The number of hydrogen-bond donors (Lipinski definition) is 1. The van der Waals surface area contributed by atoms with Crippen molar-refractivity contribution in [3.05, 3.63) is 96.2 Å². The number of rotatable bonds is 10. The average Bonchev–Trinajstić information content (AvgIpc) is 3.50. The van der Waals surface area contributed by atoms with E-state index in [-0.39, 0.29) is 24.5 Å². The van der Waals surface area contributed by atoms with Gasteiger partial charge in [-0.2, -0.15) is 9.40 Å². The van der Waals surface area contributed by atoms with Gasteiger partial charge in [-0.15, -0.1) is 0 Å². The third kappa shape index (κ3) is 5.59. The molecule has 1 N–H and O–H groups in total. The molecule has 0 bridgehead atoms. The monoisotopic (exact) mass is 479 g/mol. The highest BCUT2D eigenvalue weighted by atomic mass is 32.2. The SMILES string of the molecule is Cn1cnc(S(=O)(=O)N(Cc2ccc(-n3cccn3)cc2)Cc2cccc(CCC(=O)O)c2)c1. The molecule has 2 heterocycles. The van der Waals surface area contributed by atoms with Gasteiger partial charge in [0.05, 0.1) is 12.0 Å². The van der Waals surface area contributed by atoms with Gasteiger partial charge in [-0.3, -0.25) is 4.79 Å². The lowest BCUT2D eigenvalue weighted by atomic mass is 10.1. The first-order chi connectivity index (χ1) is 16.3. The summed E-state index contributed by atoms with van der Waals surface area (Å²) in [6, 6.07) is 16.7. The lowest BCUT2D eigenvalue weighted by molar-refractivity contribution is -0.136. The first-order valence-corrected chi connectivity index (χ1v) is 12.1. The summed E-state index contributed by atoms with van der Waals surface area (Å²) >= 11 is 0. The second kappa shape index (κ2) is 10.0. The second-order valence-electron chi connectivity index (χ2n) is 7.98. The van der Waals surface area contributed by atoms with E-state index < -0.39 is 16.0 Å². The molecule has 2 aromatic heterocycles. The molecule has 0 unspecified atom stereocenters. The van der Waals surface area contributed by atoms with Crippen molar-refractivity contribution >= 4 is 16.0 Å². The highest BCUT2D eigenvalue weighted by Gasteiger charge is 2.27. The van der Waals surface area contributed by atoms with Gasteiger partial charge in [-0.25, -0.2) is 18.1 Å². The van der Waals surface area contributed by atoms with Crippen LogP contribution >= 0.6 is 0 Å². The van der Waals surface area contributed by atoms with Crippen LogP contribution in [0.2, 0.25) is 0 Å². The Hall–Kier alpha value is -3.76. The zero-order chi connectivity index (χ0) is 24.1. The molecular formula is C24H25N5O4S. The van der Waals surface area contributed by atoms with Crippen molar-refractivity contribution < 1.29 is 18.3 Å². The average molecular weight is 480 g/mol. The van der Waals surface area contributed by atoms with Crippen LogP contribution in [0, 0.1) is 0 Å². The van der Waals surface area contributed by atoms with Gasteiger partial charge < -0.3 is 9.67 Å². The summed E-state index contributed by atoms with van der Waals surface area (Å²) in [4.78, 5) is 15.0. The Balaban J connectivity index is 1.61. The highest BCUT2D eigenvalue weighted by Crippen LogP contribution is 2.21. The molecule has 0 aliphatic carbocycles. The Labute approximate surface area is 198 Å². The Kier molecular flexibility index (Phi) is 6.90. The fourth-order valence-corrected chi connectivity index (χ4v) is 4.98. The maximum absolute atomic E-state index is 13.5. The molecule has 176 valence electrons. The Morgan fingerprint density at radius 1 is 1.03 bits per heavy atom. The molecule has 2 aromatic carbocycles. The van der Waals surface area contributed by atoms with Gasteiger partial charge in [0.1, 0.15) is 0 Å². The molecule has 0 amide bonds. The lowest BCUT2D eigenvalue weighted by Crippen LogP contribution is -2.30. The number of aryl methyl sites for hydroxylation is 2. The second-order valence-corrected chi connectivity index (χ2v) is 9.87. The van der Waals surface area contributed by atoms with E-state index in [0.29, 0.717) is 6.42 Å². The van der Waals surface area contributed by atoms with Gasteiger partial charge >= 0.3 is 5.97 Å². The van der Waals surface area contributed by atoms with E-state index in [1.54, 1.807) is 22.5 Å². The lowest BCUT2D eigenvalue weighted by Gasteiger charge is -2.22. The van der Waals surface area contributed by atoms with Crippen LogP contribution in [-0.2, 0) is 41.4 Å². The maximum atomic E-state index is 13.5. The fourth-order valence-electron chi connectivity index (χ4n) is 3.60. The summed E-state index contributed by atoms with van der Waals surface area (Å²) in [5.74, 6) is -0.872. The van der Waals surface area contributed by atoms with Gasteiger partial charge in [-0.1, -0.05) is 36.4 Å². The molecule has 0 aliphatic rings. The zero-order valence-corrected chi connectivity index (χ0v) is 19.5. The van der Waals surface area contributed by atoms with Crippen LogP contribution < -0.4 is 0 Å². The van der Waals surface area contributed by atoms with Gasteiger partial charge in [-0.05, 0) is 41.3 Å². The quantitative estimate of drug-likeness (QED) is 0.374. The van der Waals surface area contributed by atoms with Crippen molar-refractivity contribution in [2.45, 2.75) is 31.0 Å². The third-order valence-corrected chi connectivity index (χ3v) is 7.00. The summed E-state index contributed by atoms with van der Waals surface area (Å²) in [5.41, 5.74) is 3.31. The van der Waals surface area contributed by atoms with Crippen molar-refractivity contribution in [3.8, 4) is 5.69 Å². The Morgan fingerprint density at radius 2 is 1.76 bits per heavy atom. The third-order valence-electron chi connectivity index (χ3n) is 5.33. The molecule has 0 atom stereocenters. The van der Waals surface area contributed by atoms with Crippen molar-refractivity contribution in [2.75, 3.05) is 0 Å². The first-order valence-electron chi connectivity index (χ1n) is 10.7. The minimum Gasteiger partial charge on any atom is -0.481 e. The largest absolute Gasteiger partial charge is 0.481 e. The number of imidazole rings is 1. The molecule has 0 aliphatic heterocycles. The number of carboxylic acid groups (broad SMARTS) is 1. The molecule has 0 spiro atoms. The normalized spacial score (nSPS) is 11.7. The number of hydrogen-bond acceptors (Lipinski definition) is 5. The Morgan fingerprint density at radius 3 is 2.41 bits per heavy atom. The van der Waals surface area contributed by atoms with Crippen LogP contribution in [0.5, 0.6) is 0 Å². The van der Waals surface area contributed by atoms with E-state index >= 15 is 0 Å². The Bertz CT molecular complexity index is 1360. The molecule has 0 radical (unpaired) electrons. The van der Waals surface area contributed by atoms with Crippen molar-refractivity contribution in [2.24, 2.45) is 7.05 Å². The van der Waals surface area contributed by atoms with Crippen molar-refractivity contribution in [3.63, 3.8) is 0 Å². The van der Waals surface area contributed by atoms with Crippen LogP contribution in [0.15, 0.2) is 84.5 Å². The van der Waals surface area contributed by atoms with Crippen molar-refractivity contribution in [1.82, 2.24) is 23.6 Å². The smallest absolute Gasteiger partial charge is 0.303 e. The van der Waals surface area contributed by atoms with E-state index in [1.165, 1.54) is 16.8 Å². The van der Waals surface area contributed by atoms with E-state index in [0.717, 1.165) is 22.4 Å². The molecule has 10 heteroatoms. The molecule has 0 fully saturated rings. The molecular weight excluding hydrogens is 454 g/mol. The summed E-state index contributed by atoms with van der Waals surface area (Å²) in [6.45, 7) is 0.276. The minimum atomic E-state index is -3.88. The summed E-state index contributed by atoms with van der Waals surface area (Å²) in [5, 5.41) is 13.2. The topological polar surface area (TPSA) is 110 Å². The summed E-state index contributed by atoms with van der Waals surface area (Å²) in [6.07, 6.45) is 6.86. The first kappa shape index (κ1) is 23.4. The van der Waals surface area contributed by atoms with Crippen LogP contribution in [0.25, 0.3) is 5.69 Å². The van der Waals surface area contributed by atoms with Gasteiger partial charge in [0.25, 0.3) is 10.0 Å². The number of aromatic nitrogens is 4. The number of carbonyl (C=O) groups is 1. The maximum Gasteiger partial charge on any atom is 0.303 e. The number of benzene rings is 2. The summed E-state index contributed by atoms with van der Waals surface area (Å²) in [7, 11) is -2.16. The molecule has 34 heavy (non-hydrogen) atoms. The van der Waals surface area contributed by atoms with Crippen LogP contribution in [0.4, 0.5) is 0 Å². The van der Waals surface area contributed by atoms with Crippen LogP contribution in [0.1, 0.15) is 23.1 Å². The van der Waals surface area contributed by atoms with E-state index in [9.17, 15) is 13.2 Å². The van der Waals surface area contributed by atoms with Crippen LogP contribution in [0.3, 0.4) is 0 Å². The molecule has 0 saturated carbocycles. The van der Waals surface area contributed by atoms with Gasteiger partial charge in [0.2, 0.25) is 0 Å². The van der Waals surface area contributed by atoms with Crippen LogP contribution in [-0.4, -0.2) is 43.1 Å². The zero-order valence-electron chi connectivity index (χ0n) is 18.7. The van der Waals surface area contributed by atoms with Gasteiger partial charge in [0, 0.05) is 45.1 Å². The minimum absolute atomic E-state index is 0.0159.